The zero-order valence-electron chi connectivity index (χ0n) is 12.8. The van der Waals surface area contributed by atoms with Crippen LogP contribution >= 0.6 is 11.6 Å². The molecule has 0 bridgehead atoms. The molecule has 1 N–H and O–H groups in total. The Morgan fingerprint density at radius 2 is 1.83 bits per heavy atom. The maximum atomic E-state index is 12.3. The third kappa shape index (κ3) is 4.81. The number of Topliss-reactive ketones (excluding diaryl/α,β-unsaturated/α-hetero) is 1. The van der Waals surface area contributed by atoms with E-state index in [1.54, 1.807) is 24.3 Å². The molecule has 0 heterocycles. The van der Waals surface area contributed by atoms with Crippen LogP contribution in [-0.2, 0) is 10.0 Å². The minimum Gasteiger partial charge on any atom is -0.294 e. The second-order valence-corrected chi connectivity index (χ2v) is 7.29. The first-order chi connectivity index (χ1) is 10.9. The van der Waals surface area contributed by atoms with Crippen LogP contribution in [0.4, 0.5) is 5.69 Å². The Bertz CT molecular complexity index is 786. The molecule has 2 aromatic carbocycles. The predicted octanol–water partition coefficient (Wildman–Crippen LogP) is 4.51. The molecular weight excluding hydrogens is 334 g/mol. The van der Waals surface area contributed by atoms with Gasteiger partial charge in [0.05, 0.1) is 4.90 Å². The number of benzene rings is 2. The number of halogens is 1. The summed E-state index contributed by atoms with van der Waals surface area (Å²) in [6.45, 7) is 2.02. The van der Waals surface area contributed by atoms with Gasteiger partial charge in [0.15, 0.2) is 5.78 Å². The number of rotatable bonds is 7. The third-order valence-corrected chi connectivity index (χ3v) is 4.97. The molecule has 0 saturated carbocycles. The summed E-state index contributed by atoms with van der Waals surface area (Å²) in [5.41, 5.74) is 0.872. The fraction of sp³-hybridized carbons (Fsp3) is 0.235. The van der Waals surface area contributed by atoms with Crippen molar-refractivity contribution in [1.82, 2.24) is 0 Å². The van der Waals surface area contributed by atoms with E-state index in [-0.39, 0.29) is 10.7 Å². The van der Waals surface area contributed by atoms with Gasteiger partial charge in [-0.1, -0.05) is 37.1 Å². The first kappa shape index (κ1) is 17.5. The Labute approximate surface area is 141 Å². The highest BCUT2D eigenvalue weighted by Gasteiger charge is 2.15. The minimum atomic E-state index is -3.71. The molecule has 0 atom stereocenters. The number of carbonyl (C=O) groups is 1. The van der Waals surface area contributed by atoms with Crippen molar-refractivity contribution in [3.63, 3.8) is 0 Å². The fourth-order valence-corrected chi connectivity index (χ4v) is 3.24. The molecular formula is C17H18ClNO3S. The molecule has 4 nitrogen and oxygen atoms in total. The van der Waals surface area contributed by atoms with Gasteiger partial charge in [-0.25, -0.2) is 8.42 Å². The van der Waals surface area contributed by atoms with Crippen LogP contribution < -0.4 is 4.72 Å². The first-order valence-corrected chi connectivity index (χ1v) is 9.20. The van der Waals surface area contributed by atoms with E-state index in [9.17, 15) is 13.2 Å². The van der Waals surface area contributed by atoms with Crippen LogP contribution in [-0.4, -0.2) is 14.2 Å². The molecule has 0 radical (unpaired) electrons. The number of unbranched alkanes of at least 4 members (excludes halogenated alkanes) is 1. The number of ketones is 1. The molecule has 0 amide bonds. The number of hydrogen-bond donors (Lipinski definition) is 1. The lowest BCUT2D eigenvalue weighted by Gasteiger charge is -2.09. The first-order valence-electron chi connectivity index (χ1n) is 7.34. The molecule has 6 heteroatoms. The topological polar surface area (TPSA) is 63.2 Å². The molecule has 0 saturated heterocycles. The average molecular weight is 352 g/mol. The van der Waals surface area contributed by atoms with Gasteiger partial charge in [-0.15, -0.1) is 0 Å². The van der Waals surface area contributed by atoms with Crippen molar-refractivity contribution in [1.29, 1.82) is 0 Å². The van der Waals surface area contributed by atoms with Gasteiger partial charge in [-0.2, -0.15) is 0 Å². The molecule has 0 unspecified atom stereocenters. The number of anilines is 1. The zero-order valence-corrected chi connectivity index (χ0v) is 14.3. The van der Waals surface area contributed by atoms with Crippen molar-refractivity contribution in [2.24, 2.45) is 0 Å². The Kier molecular flexibility index (Phi) is 5.80. The van der Waals surface area contributed by atoms with Gasteiger partial charge >= 0.3 is 0 Å². The van der Waals surface area contributed by atoms with Crippen LogP contribution in [0.3, 0.4) is 0 Å². The van der Waals surface area contributed by atoms with E-state index in [1.165, 1.54) is 24.3 Å². The molecule has 2 rings (SSSR count). The number of carbonyl (C=O) groups excluding carboxylic acids is 1. The molecule has 0 aromatic heterocycles. The third-order valence-electron chi connectivity index (χ3n) is 3.32. The summed E-state index contributed by atoms with van der Waals surface area (Å²) in [6.07, 6.45) is 2.22. The van der Waals surface area contributed by atoms with Gasteiger partial charge < -0.3 is 0 Å². The van der Waals surface area contributed by atoms with E-state index < -0.39 is 10.0 Å². The number of hydrogen-bond acceptors (Lipinski definition) is 3. The highest BCUT2D eigenvalue weighted by atomic mass is 35.5. The van der Waals surface area contributed by atoms with E-state index in [0.717, 1.165) is 12.8 Å². The second kappa shape index (κ2) is 7.62. The molecule has 122 valence electrons. The maximum absolute atomic E-state index is 12.3. The Balaban J connectivity index is 2.19. The monoisotopic (exact) mass is 351 g/mol. The number of nitrogens with one attached hydrogen (secondary N) is 1. The van der Waals surface area contributed by atoms with Crippen LogP contribution in [0.5, 0.6) is 0 Å². The van der Waals surface area contributed by atoms with Crippen molar-refractivity contribution in [3.8, 4) is 0 Å². The number of sulfonamides is 1. The molecule has 0 fully saturated rings. The van der Waals surface area contributed by atoms with Gasteiger partial charge in [-0.05, 0) is 42.8 Å². The van der Waals surface area contributed by atoms with Crippen molar-refractivity contribution in [3.05, 3.63) is 59.1 Å². The molecule has 23 heavy (non-hydrogen) atoms. The smallest absolute Gasteiger partial charge is 0.261 e. The van der Waals surface area contributed by atoms with Crippen LogP contribution in [0, 0.1) is 0 Å². The molecule has 0 aliphatic heterocycles. The molecule has 2 aromatic rings. The van der Waals surface area contributed by atoms with Gasteiger partial charge in [0.25, 0.3) is 10.0 Å². The summed E-state index contributed by atoms with van der Waals surface area (Å²) >= 11 is 5.77. The Morgan fingerprint density at radius 3 is 2.48 bits per heavy atom. The van der Waals surface area contributed by atoms with E-state index >= 15 is 0 Å². The Morgan fingerprint density at radius 1 is 1.13 bits per heavy atom. The second-order valence-electron chi connectivity index (χ2n) is 5.17. The van der Waals surface area contributed by atoms with Crippen molar-refractivity contribution in [2.75, 3.05) is 4.72 Å². The van der Waals surface area contributed by atoms with Crippen LogP contribution in [0.2, 0.25) is 5.02 Å². The summed E-state index contributed by atoms with van der Waals surface area (Å²) < 4.78 is 27.1. The van der Waals surface area contributed by atoms with E-state index in [0.29, 0.717) is 22.7 Å². The predicted molar refractivity (Wildman–Crippen MR) is 92.6 cm³/mol. The van der Waals surface area contributed by atoms with Gasteiger partial charge in [0, 0.05) is 22.7 Å². The largest absolute Gasteiger partial charge is 0.294 e. The van der Waals surface area contributed by atoms with E-state index in [4.69, 9.17) is 11.6 Å². The zero-order chi connectivity index (χ0) is 16.9. The van der Waals surface area contributed by atoms with Gasteiger partial charge in [0.2, 0.25) is 0 Å². The fourth-order valence-electron chi connectivity index (χ4n) is 2.07. The SMILES string of the molecule is CCCCC(=O)c1cccc(NS(=O)(=O)c2ccc(Cl)cc2)c1. The van der Waals surface area contributed by atoms with Crippen LogP contribution in [0.25, 0.3) is 0 Å². The van der Waals surface area contributed by atoms with E-state index in [2.05, 4.69) is 4.72 Å². The van der Waals surface area contributed by atoms with Crippen LogP contribution in [0.1, 0.15) is 36.5 Å². The lowest BCUT2D eigenvalue weighted by atomic mass is 10.1. The van der Waals surface area contributed by atoms with Crippen molar-refractivity contribution < 1.29 is 13.2 Å². The average Bonchev–Trinajstić information content (AvgIpc) is 2.53. The highest BCUT2D eigenvalue weighted by Crippen LogP contribution is 2.20. The summed E-state index contributed by atoms with van der Waals surface area (Å²) in [6, 6.07) is 12.4. The van der Waals surface area contributed by atoms with E-state index in [1.807, 2.05) is 6.92 Å². The van der Waals surface area contributed by atoms with Gasteiger partial charge in [0.1, 0.15) is 0 Å². The highest BCUT2D eigenvalue weighted by molar-refractivity contribution is 7.92. The lowest BCUT2D eigenvalue weighted by molar-refractivity contribution is 0.0980. The standard InChI is InChI=1S/C17H18ClNO3S/c1-2-3-7-17(20)13-5-4-6-15(12-13)19-23(21,22)16-10-8-14(18)9-11-16/h4-6,8-12,19H,2-3,7H2,1H3. The molecule has 0 spiro atoms. The van der Waals surface area contributed by atoms with Crippen molar-refractivity contribution in [2.45, 2.75) is 31.1 Å². The molecule has 0 aliphatic carbocycles. The summed E-state index contributed by atoms with van der Waals surface area (Å²) in [4.78, 5) is 12.2. The molecule has 0 aliphatic rings. The van der Waals surface area contributed by atoms with Crippen LogP contribution in [0.15, 0.2) is 53.4 Å². The summed E-state index contributed by atoms with van der Waals surface area (Å²) in [7, 11) is -3.71. The van der Waals surface area contributed by atoms with Gasteiger partial charge in [-0.3, -0.25) is 9.52 Å². The summed E-state index contributed by atoms with van der Waals surface area (Å²) in [5.74, 6) is 0.0133. The quantitative estimate of drug-likeness (QED) is 0.746. The minimum absolute atomic E-state index is 0.0133. The summed E-state index contributed by atoms with van der Waals surface area (Å²) in [5, 5.41) is 0.465. The Hall–Kier alpha value is -1.85. The van der Waals surface area contributed by atoms with Crippen molar-refractivity contribution >= 4 is 33.1 Å². The normalized spacial score (nSPS) is 11.2. The maximum Gasteiger partial charge on any atom is 0.261 e. The lowest BCUT2D eigenvalue weighted by Crippen LogP contribution is -2.13.